The molecule has 0 radical (unpaired) electrons. The predicted molar refractivity (Wildman–Crippen MR) is 83.8 cm³/mol. The molecule has 0 aromatic carbocycles. The molecule has 1 fully saturated rings. The molecule has 2 heterocycles. The van der Waals surface area contributed by atoms with Gasteiger partial charge in [-0.1, -0.05) is 0 Å². The van der Waals surface area contributed by atoms with Crippen LogP contribution >= 0.6 is 11.3 Å². The number of aliphatic carboxylic acids is 1. The van der Waals surface area contributed by atoms with Crippen LogP contribution in [0.2, 0.25) is 0 Å². The summed E-state index contributed by atoms with van der Waals surface area (Å²) in [6.07, 6.45) is 0.115. The maximum Gasteiger partial charge on any atom is 0.308 e. The first-order valence-corrected chi connectivity index (χ1v) is 8.12. The predicted octanol–water partition coefficient (Wildman–Crippen LogP) is 1.58. The molecular formula is C15H24N2O3S. The smallest absolute Gasteiger partial charge is 0.308 e. The van der Waals surface area contributed by atoms with Crippen molar-refractivity contribution < 1.29 is 14.6 Å². The molecule has 1 aliphatic rings. The number of hydrogen-bond donors (Lipinski definition) is 2. The van der Waals surface area contributed by atoms with Gasteiger partial charge in [0.25, 0.3) is 0 Å². The van der Waals surface area contributed by atoms with E-state index in [-0.39, 0.29) is 12.0 Å². The highest BCUT2D eigenvalue weighted by Crippen LogP contribution is 2.18. The largest absolute Gasteiger partial charge is 0.481 e. The average Bonchev–Trinajstić information content (AvgIpc) is 2.86. The molecule has 118 valence electrons. The van der Waals surface area contributed by atoms with Gasteiger partial charge in [-0.25, -0.2) is 0 Å². The Morgan fingerprint density at radius 3 is 2.71 bits per heavy atom. The molecule has 21 heavy (non-hydrogen) atoms. The first-order chi connectivity index (χ1) is 9.97. The Kier molecular flexibility index (Phi) is 5.75. The van der Waals surface area contributed by atoms with Crippen LogP contribution in [0.15, 0.2) is 12.1 Å². The van der Waals surface area contributed by atoms with Gasteiger partial charge in [0.1, 0.15) is 0 Å². The van der Waals surface area contributed by atoms with Gasteiger partial charge in [0.2, 0.25) is 0 Å². The molecule has 0 atom stereocenters. The summed E-state index contributed by atoms with van der Waals surface area (Å²) in [6.45, 7) is 9.77. The molecule has 6 heteroatoms. The van der Waals surface area contributed by atoms with Gasteiger partial charge >= 0.3 is 5.97 Å². The van der Waals surface area contributed by atoms with E-state index in [1.165, 1.54) is 4.88 Å². The van der Waals surface area contributed by atoms with Gasteiger partial charge < -0.3 is 15.2 Å². The van der Waals surface area contributed by atoms with E-state index >= 15 is 0 Å². The molecule has 0 bridgehead atoms. The fraction of sp³-hybridized carbons (Fsp3) is 0.667. The number of ether oxygens (including phenoxy) is 1. The Morgan fingerprint density at radius 1 is 1.38 bits per heavy atom. The van der Waals surface area contributed by atoms with Crippen LogP contribution in [0.5, 0.6) is 0 Å². The van der Waals surface area contributed by atoms with Crippen molar-refractivity contribution in [1.29, 1.82) is 0 Å². The normalized spacial score (nSPS) is 17.0. The Morgan fingerprint density at radius 2 is 2.05 bits per heavy atom. The lowest BCUT2D eigenvalue weighted by atomic mass is 10.0. The van der Waals surface area contributed by atoms with Crippen molar-refractivity contribution in [2.24, 2.45) is 0 Å². The highest BCUT2D eigenvalue weighted by Gasteiger charge is 2.27. The molecule has 1 saturated heterocycles. The van der Waals surface area contributed by atoms with Crippen LogP contribution in [-0.4, -0.2) is 54.4 Å². The van der Waals surface area contributed by atoms with Gasteiger partial charge in [-0.05, 0) is 26.0 Å². The van der Waals surface area contributed by atoms with Crippen LogP contribution in [0.4, 0.5) is 0 Å². The lowest BCUT2D eigenvalue weighted by Crippen LogP contribution is -2.54. The van der Waals surface area contributed by atoms with Gasteiger partial charge in [0.05, 0.1) is 19.6 Å². The van der Waals surface area contributed by atoms with Crippen LogP contribution in [-0.2, 0) is 22.5 Å². The van der Waals surface area contributed by atoms with E-state index in [4.69, 9.17) is 9.84 Å². The van der Waals surface area contributed by atoms with Crippen molar-refractivity contribution >= 4 is 17.3 Å². The first kappa shape index (κ1) is 16.4. The zero-order chi connectivity index (χ0) is 15.3. The number of rotatable bonds is 7. The van der Waals surface area contributed by atoms with Crippen LogP contribution in [0, 0.1) is 0 Å². The molecule has 1 aromatic rings. The van der Waals surface area contributed by atoms with E-state index in [2.05, 4.69) is 24.1 Å². The molecule has 1 aromatic heterocycles. The molecule has 0 amide bonds. The summed E-state index contributed by atoms with van der Waals surface area (Å²) >= 11 is 1.57. The maximum atomic E-state index is 10.7. The molecular weight excluding hydrogens is 288 g/mol. The van der Waals surface area contributed by atoms with Crippen molar-refractivity contribution in [3.63, 3.8) is 0 Å². The summed E-state index contributed by atoms with van der Waals surface area (Å²) in [5.41, 5.74) is 0.102. The van der Waals surface area contributed by atoms with E-state index in [1.807, 2.05) is 12.1 Å². The minimum atomic E-state index is -0.773. The number of nitrogens with one attached hydrogen (secondary N) is 1. The van der Waals surface area contributed by atoms with Crippen LogP contribution < -0.4 is 5.32 Å². The number of carbonyl (C=O) groups is 1. The van der Waals surface area contributed by atoms with Gasteiger partial charge in [0, 0.05) is 41.5 Å². The molecule has 0 aliphatic carbocycles. The third-order valence-electron chi connectivity index (χ3n) is 3.77. The Labute approximate surface area is 129 Å². The molecule has 0 saturated carbocycles. The lowest BCUT2D eigenvalue weighted by molar-refractivity contribution is -0.136. The zero-order valence-corrected chi connectivity index (χ0v) is 13.5. The fourth-order valence-electron chi connectivity index (χ4n) is 2.53. The van der Waals surface area contributed by atoms with Gasteiger partial charge in [-0.2, -0.15) is 0 Å². The molecule has 0 spiro atoms. The lowest BCUT2D eigenvalue weighted by Gasteiger charge is -2.41. The van der Waals surface area contributed by atoms with Gasteiger partial charge in [0.15, 0.2) is 0 Å². The summed E-state index contributed by atoms with van der Waals surface area (Å²) in [6, 6.07) is 3.92. The second-order valence-corrected chi connectivity index (χ2v) is 7.21. The first-order valence-electron chi connectivity index (χ1n) is 7.30. The third-order valence-corrected chi connectivity index (χ3v) is 4.85. The number of carboxylic acids is 1. The summed E-state index contributed by atoms with van der Waals surface area (Å²) in [5, 5.41) is 12.3. The Balaban J connectivity index is 1.77. The molecule has 2 rings (SSSR count). The van der Waals surface area contributed by atoms with E-state index in [1.54, 1.807) is 11.3 Å². The van der Waals surface area contributed by atoms with Crippen molar-refractivity contribution in [2.75, 3.05) is 32.8 Å². The fourth-order valence-corrected chi connectivity index (χ4v) is 3.51. The van der Waals surface area contributed by atoms with E-state index in [0.29, 0.717) is 0 Å². The van der Waals surface area contributed by atoms with Crippen molar-refractivity contribution in [1.82, 2.24) is 10.2 Å². The summed E-state index contributed by atoms with van der Waals surface area (Å²) in [7, 11) is 0. The van der Waals surface area contributed by atoms with Crippen molar-refractivity contribution in [3.8, 4) is 0 Å². The molecule has 2 N–H and O–H groups in total. The van der Waals surface area contributed by atoms with Crippen LogP contribution in [0.3, 0.4) is 0 Å². The molecule has 5 nitrogen and oxygen atoms in total. The highest BCUT2D eigenvalue weighted by atomic mass is 32.1. The second-order valence-electron chi connectivity index (χ2n) is 5.95. The summed E-state index contributed by atoms with van der Waals surface area (Å²) < 4.78 is 5.39. The van der Waals surface area contributed by atoms with E-state index in [0.717, 1.165) is 44.3 Å². The molecule has 1 aliphatic heterocycles. The monoisotopic (exact) mass is 312 g/mol. The van der Waals surface area contributed by atoms with E-state index < -0.39 is 5.97 Å². The molecule has 0 unspecified atom stereocenters. The number of hydrogen-bond acceptors (Lipinski definition) is 5. The highest BCUT2D eigenvalue weighted by molar-refractivity contribution is 7.12. The summed E-state index contributed by atoms with van der Waals surface area (Å²) in [4.78, 5) is 15.2. The van der Waals surface area contributed by atoms with Crippen molar-refractivity contribution in [2.45, 2.75) is 32.4 Å². The SMILES string of the molecule is CC(C)(CNCc1ccc(CC(=O)O)s1)N1CCOCC1. The standard InChI is InChI=1S/C15H24N2O3S/c1-15(2,17-5-7-20-8-6-17)11-16-10-13-4-3-12(21-13)9-14(18)19/h3-4,16H,5-11H2,1-2H3,(H,18,19). The number of carboxylic acid groups (broad SMARTS) is 1. The second kappa shape index (κ2) is 7.35. The van der Waals surface area contributed by atoms with Crippen LogP contribution in [0.1, 0.15) is 23.6 Å². The minimum Gasteiger partial charge on any atom is -0.481 e. The van der Waals surface area contributed by atoms with Crippen LogP contribution in [0.25, 0.3) is 0 Å². The zero-order valence-electron chi connectivity index (χ0n) is 12.7. The maximum absolute atomic E-state index is 10.7. The topological polar surface area (TPSA) is 61.8 Å². The summed E-state index contributed by atoms with van der Waals surface area (Å²) in [5.74, 6) is -0.773. The van der Waals surface area contributed by atoms with Crippen molar-refractivity contribution in [3.05, 3.63) is 21.9 Å². The number of thiophene rings is 1. The Bertz CT molecular complexity index is 467. The average molecular weight is 312 g/mol. The minimum absolute atomic E-state index is 0.102. The number of nitrogens with zero attached hydrogens (tertiary/aromatic N) is 1. The number of morpholine rings is 1. The van der Waals surface area contributed by atoms with Gasteiger partial charge in [-0.3, -0.25) is 9.69 Å². The van der Waals surface area contributed by atoms with Gasteiger partial charge in [-0.15, -0.1) is 11.3 Å². The quantitative estimate of drug-likeness (QED) is 0.800. The third kappa shape index (κ3) is 5.07. The van der Waals surface area contributed by atoms with E-state index in [9.17, 15) is 4.79 Å². The Hall–Kier alpha value is -0.950.